The number of methoxy groups -OCH3 is 1. The minimum Gasteiger partial charge on any atom is -0.497 e. The molecule has 1 aromatic carbocycles. The minimum absolute atomic E-state index is 0.0546. The van der Waals surface area contributed by atoms with Crippen LogP contribution in [0.5, 0.6) is 5.75 Å². The third kappa shape index (κ3) is 3.12. The van der Waals surface area contributed by atoms with Crippen molar-refractivity contribution in [3.8, 4) is 11.8 Å². The Hall–Kier alpha value is -2.32. The van der Waals surface area contributed by atoms with Crippen molar-refractivity contribution >= 4 is 23.4 Å². The number of ether oxygens (including phenoxy) is 2. The van der Waals surface area contributed by atoms with E-state index in [9.17, 15) is 4.79 Å². The number of rotatable bonds is 6. The number of hydrogen-bond acceptors (Lipinski definition) is 4. The topological polar surface area (TPSA) is 71.7 Å². The molecular formula is C16H15ClN2O3. The van der Waals surface area contributed by atoms with E-state index in [-0.39, 0.29) is 18.7 Å². The zero-order valence-electron chi connectivity index (χ0n) is 12.1. The first-order valence-corrected chi connectivity index (χ1v) is 7.09. The molecule has 0 aromatic heterocycles. The summed E-state index contributed by atoms with van der Waals surface area (Å²) in [6, 6.07) is 8.89. The van der Waals surface area contributed by atoms with Crippen molar-refractivity contribution < 1.29 is 14.3 Å². The minimum atomic E-state index is -1.25. The number of nitrogens with zero attached hydrogens (tertiary/aromatic N) is 2. The molecule has 0 aliphatic carbocycles. The fraction of sp³-hybridized carbons (Fsp3) is 0.312. The summed E-state index contributed by atoms with van der Waals surface area (Å²) in [6.07, 6.45) is 1.85. The second-order valence-corrected chi connectivity index (χ2v) is 5.37. The Bertz CT molecular complexity index is 648. The van der Waals surface area contributed by atoms with Gasteiger partial charge in [0.05, 0.1) is 13.2 Å². The highest BCUT2D eigenvalue weighted by Gasteiger charge is 2.47. The molecule has 1 heterocycles. The number of benzene rings is 1. The van der Waals surface area contributed by atoms with E-state index in [1.54, 1.807) is 37.5 Å². The summed E-state index contributed by atoms with van der Waals surface area (Å²) >= 11 is 5.87. The Labute approximate surface area is 133 Å². The van der Waals surface area contributed by atoms with Gasteiger partial charge in [0, 0.05) is 18.4 Å². The fourth-order valence-electron chi connectivity index (χ4n) is 2.21. The van der Waals surface area contributed by atoms with E-state index in [1.165, 1.54) is 0 Å². The van der Waals surface area contributed by atoms with Crippen molar-refractivity contribution in [2.24, 2.45) is 4.99 Å². The van der Waals surface area contributed by atoms with Gasteiger partial charge in [-0.25, -0.2) is 0 Å². The van der Waals surface area contributed by atoms with Crippen molar-refractivity contribution in [2.75, 3.05) is 7.11 Å². The number of carbonyl (C=O) groups excluding carboxylic acids is 1. The lowest BCUT2D eigenvalue weighted by Crippen LogP contribution is -2.39. The number of hydrogen-bond donors (Lipinski definition) is 0. The summed E-state index contributed by atoms with van der Waals surface area (Å²) in [6.45, 7) is 3.63. The SMILES string of the molecule is C=CC[C@]1(C[C@@H](Cl)C#N)OC(c2ccc(OC)cc2)=NC1=O. The van der Waals surface area contributed by atoms with Gasteiger partial charge in [-0.3, -0.25) is 4.79 Å². The van der Waals surface area contributed by atoms with Crippen molar-refractivity contribution in [3.05, 3.63) is 42.5 Å². The third-order valence-corrected chi connectivity index (χ3v) is 3.60. The highest BCUT2D eigenvalue weighted by Crippen LogP contribution is 2.33. The Morgan fingerprint density at radius 1 is 1.55 bits per heavy atom. The van der Waals surface area contributed by atoms with Crippen LogP contribution in [0.15, 0.2) is 41.9 Å². The van der Waals surface area contributed by atoms with Gasteiger partial charge >= 0.3 is 0 Å². The molecule has 1 aromatic rings. The molecule has 6 heteroatoms. The molecular weight excluding hydrogens is 304 g/mol. The Kier molecular flexibility index (Phi) is 4.84. The highest BCUT2D eigenvalue weighted by atomic mass is 35.5. The highest BCUT2D eigenvalue weighted by molar-refractivity contribution is 6.22. The van der Waals surface area contributed by atoms with Gasteiger partial charge in [0.2, 0.25) is 5.90 Å². The van der Waals surface area contributed by atoms with Gasteiger partial charge in [-0.05, 0) is 24.3 Å². The molecule has 0 N–H and O–H groups in total. The number of carbonyl (C=O) groups is 1. The molecule has 0 bridgehead atoms. The monoisotopic (exact) mass is 318 g/mol. The predicted octanol–water partition coefficient (Wildman–Crippen LogP) is 2.83. The molecule has 2 atom stereocenters. The first-order valence-electron chi connectivity index (χ1n) is 6.66. The van der Waals surface area contributed by atoms with Gasteiger partial charge in [-0.15, -0.1) is 18.2 Å². The van der Waals surface area contributed by atoms with Gasteiger partial charge in [-0.2, -0.15) is 10.3 Å². The zero-order valence-corrected chi connectivity index (χ0v) is 12.8. The van der Waals surface area contributed by atoms with Crippen molar-refractivity contribution in [2.45, 2.75) is 23.8 Å². The van der Waals surface area contributed by atoms with E-state index in [4.69, 9.17) is 26.3 Å². The van der Waals surface area contributed by atoms with Crippen LogP contribution in [0.3, 0.4) is 0 Å². The van der Waals surface area contributed by atoms with Crippen molar-refractivity contribution in [1.82, 2.24) is 0 Å². The third-order valence-electron chi connectivity index (χ3n) is 3.34. The van der Waals surface area contributed by atoms with Gasteiger partial charge in [0.15, 0.2) is 5.60 Å². The lowest BCUT2D eigenvalue weighted by molar-refractivity contribution is -0.130. The Morgan fingerprint density at radius 3 is 2.77 bits per heavy atom. The number of alkyl halides is 1. The van der Waals surface area contributed by atoms with Crippen LogP contribution in [-0.4, -0.2) is 29.9 Å². The molecule has 1 aliphatic rings. The molecule has 0 saturated carbocycles. The van der Waals surface area contributed by atoms with Gasteiger partial charge in [0.25, 0.3) is 5.91 Å². The zero-order chi connectivity index (χ0) is 16.2. The second kappa shape index (κ2) is 6.63. The van der Waals surface area contributed by atoms with Crippen LogP contribution >= 0.6 is 11.6 Å². The molecule has 5 nitrogen and oxygen atoms in total. The maximum absolute atomic E-state index is 12.3. The van der Waals surface area contributed by atoms with Crippen LogP contribution in [0, 0.1) is 11.3 Å². The molecule has 0 spiro atoms. The summed E-state index contributed by atoms with van der Waals surface area (Å²) in [5.41, 5.74) is -0.595. The van der Waals surface area contributed by atoms with Crippen molar-refractivity contribution in [3.63, 3.8) is 0 Å². The predicted molar refractivity (Wildman–Crippen MR) is 83.0 cm³/mol. The van der Waals surface area contributed by atoms with E-state index in [0.717, 1.165) is 0 Å². The van der Waals surface area contributed by atoms with Crippen LogP contribution in [0.1, 0.15) is 18.4 Å². The molecule has 0 saturated heterocycles. The lowest BCUT2D eigenvalue weighted by Gasteiger charge is -2.25. The molecule has 0 fully saturated rings. The van der Waals surface area contributed by atoms with Crippen LogP contribution in [0.25, 0.3) is 0 Å². The maximum atomic E-state index is 12.3. The molecule has 114 valence electrons. The van der Waals surface area contributed by atoms with Crippen LogP contribution in [0.4, 0.5) is 0 Å². The number of amides is 1. The van der Waals surface area contributed by atoms with E-state index >= 15 is 0 Å². The van der Waals surface area contributed by atoms with Crippen molar-refractivity contribution in [1.29, 1.82) is 5.26 Å². The molecule has 0 radical (unpaired) electrons. The van der Waals surface area contributed by atoms with Gasteiger partial charge < -0.3 is 9.47 Å². The Balaban J connectivity index is 2.26. The molecule has 1 aliphatic heterocycles. The number of aliphatic imine (C=N–C) groups is 1. The second-order valence-electron chi connectivity index (χ2n) is 4.84. The van der Waals surface area contributed by atoms with Gasteiger partial charge in [-0.1, -0.05) is 6.08 Å². The quantitative estimate of drug-likeness (QED) is 0.597. The average Bonchev–Trinajstić information content (AvgIpc) is 2.84. The molecule has 0 unspecified atom stereocenters. The standard InChI is InChI=1S/C16H15ClN2O3/c1-3-8-16(9-12(17)10-18)15(20)19-14(22-16)11-4-6-13(21-2)7-5-11/h3-7,12H,1,8-9H2,2H3/t12-,16-/m1/s1. The van der Waals surface area contributed by atoms with E-state index in [1.807, 2.05) is 6.07 Å². The van der Waals surface area contributed by atoms with Crippen LogP contribution < -0.4 is 4.74 Å². The first kappa shape index (κ1) is 16.1. The summed E-state index contributed by atoms with van der Waals surface area (Å²) in [4.78, 5) is 16.3. The summed E-state index contributed by atoms with van der Waals surface area (Å²) in [5.74, 6) is 0.465. The largest absolute Gasteiger partial charge is 0.497 e. The van der Waals surface area contributed by atoms with E-state index < -0.39 is 16.9 Å². The molecule has 22 heavy (non-hydrogen) atoms. The summed E-state index contributed by atoms with van der Waals surface area (Å²) in [5, 5.41) is 8.04. The Morgan fingerprint density at radius 2 is 2.23 bits per heavy atom. The molecule has 2 rings (SSSR count). The smallest absolute Gasteiger partial charge is 0.293 e. The average molecular weight is 319 g/mol. The van der Waals surface area contributed by atoms with Crippen LogP contribution in [-0.2, 0) is 9.53 Å². The summed E-state index contributed by atoms with van der Waals surface area (Å²) in [7, 11) is 1.57. The fourth-order valence-corrected chi connectivity index (χ4v) is 2.46. The lowest BCUT2D eigenvalue weighted by atomic mass is 9.93. The first-order chi connectivity index (χ1) is 10.5. The number of halogens is 1. The van der Waals surface area contributed by atoms with E-state index in [2.05, 4.69) is 11.6 Å². The number of nitriles is 1. The normalized spacial score (nSPS) is 21.5. The molecule has 1 amide bonds. The summed E-state index contributed by atoms with van der Waals surface area (Å²) < 4.78 is 10.9. The maximum Gasteiger partial charge on any atom is 0.293 e. The van der Waals surface area contributed by atoms with Gasteiger partial charge in [0.1, 0.15) is 11.1 Å². The van der Waals surface area contributed by atoms with Crippen LogP contribution in [0.2, 0.25) is 0 Å². The van der Waals surface area contributed by atoms with E-state index in [0.29, 0.717) is 11.3 Å².